The quantitative estimate of drug-likeness (QED) is 0.486. The summed E-state index contributed by atoms with van der Waals surface area (Å²) in [5.74, 6) is 1.00. The highest BCUT2D eigenvalue weighted by Gasteiger charge is 2.11. The molecule has 0 spiro atoms. The third-order valence-electron chi connectivity index (χ3n) is 4.11. The summed E-state index contributed by atoms with van der Waals surface area (Å²) >= 11 is 0. The third-order valence-corrected chi connectivity index (χ3v) is 4.11. The topological polar surface area (TPSA) is 109 Å². The van der Waals surface area contributed by atoms with Crippen molar-refractivity contribution in [2.45, 2.75) is 13.3 Å². The van der Waals surface area contributed by atoms with Gasteiger partial charge in [-0.2, -0.15) is 0 Å². The maximum atomic E-state index is 12.3. The summed E-state index contributed by atoms with van der Waals surface area (Å²) in [5.41, 5.74) is 2.58. The fourth-order valence-corrected chi connectivity index (χ4v) is 2.82. The smallest absolute Gasteiger partial charge is 0.275 e. The Morgan fingerprint density at radius 3 is 3.00 bits per heavy atom. The average molecular weight is 362 g/mol. The van der Waals surface area contributed by atoms with Crippen molar-refractivity contribution in [2.75, 3.05) is 17.2 Å². The SMILES string of the molecule is Cc1cc(NC(=O)c2ccnc(NCCc3c[nH]c4ccccc34)n2)no1. The number of carbonyl (C=O) groups excluding carboxylic acids is 1. The molecule has 0 saturated heterocycles. The number of hydrogen-bond acceptors (Lipinski definition) is 6. The summed E-state index contributed by atoms with van der Waals surface area (Å²) in [6.45, 7) is 2.40. The van der Waals surface area contributed by atoms with E-state index in [-0.39, 0.29) is 11.6 Å². The summed E-state index contributed by atoms with van der Waals surface area (Å²) in [7, 11) is 0. The largest absolute Gasteiger partial charge is 0.361 e. The molecule has 3 heterocycles. The van der Waals surface area contributed by atoms with Gasteiger partial charge in [0.1, 0.15) is 11.5 Å². The Hall–Kier alpha value is -3.68. The lowest BCUT2D eigenvalue weighted by molar-refractivity contribution is 0.102. The molecule has 1 aromatic carbocycles. The second-order valence-corrected chi connectivity index (χ2v) is 6.08. The molecule has 8 nitrogen and oxygen atoms in total. The average Bonchev–Trinajstić information content (AvgIpc) is 3.28. The summed E-state index contributed by atoms with van der Waals surface area (Å²) in [6, 6.07) is 11.4. The fourth-order valence-electron chi connectivity index (χ4n) is 2.82. The van der Waals surface area contributed by atoms with Crippen LogP contribution < -0.4 is 10.6 Å². The van der Waals surface area contributed by atoms with Crippen LogP contribution in [0.5, 0.6) is 0 Å². The van der Waals surface area contributed by atoms with Gasteiger partial charge in [-0.1, -0.05) is 23.4 Å². The van der Waals surface area contributed by atoms with Crippen molar-refractivity contribution in [1.82, 2.24) is 20.1 Å². The van der Waals surface area contributed by atoms with Gasteiger partial charge in [0.15, 0.2) is 5.82 Å². The highest BCUT2D eigenvalue weighted by molar-refractivity contribution is 6.02. The minimum absolute atomic E-state index is 0.250. The van der Waals surface area contributed by atoms with Gasteiger partial charge in [-0.3, -0.25) is 4.79 Å². The predicted octanol–water partition coefficient (Wildman–Crippen LogP) is 3.16. The van der Waals surface area contributed by atoms with E-state index in [1.54, 1.807) is 25.3 Å². The Labute approximate surface area is 155 Å². The number of benzene rings is 1. The van der Waals surface area contributed by atoms with Crippen LogP contribution in [0.2, 0.25) is 0 Å². The van der Waals surface area contributed by atoms with E-state index in [1.165, 1.54) is 10.9 Å². The van der Waals surface area contributed by atoms with Crippen molar-refractivity contribution in [3.63, 3.8) is 0 Å². The van der Waals surface area contributed by atoms with Crippen LogP contribution in [-0.4, -0.2) is 32.6 Å². The van der Waals surface area contributed by atoms with Gasteiger partial charge in [0, 0.05) is 35.9 Å². The molecule has 4 rings (SSSR count). The van der Waals surface area contributed by atoms with Crippen molar-refractivity contribution in [3.8, 4) is 0 Å². The molecule has 0 fully saturated rings. The number of H-pyrrole nitrogens is 1. The molecule has 0 saturated carbocycles. The second-order valence-electron chi connectivity index (χ2n) is 6.08. The van der Waals surface area contributed by atoms with Gasteiger partial charge in [-0.05, 0) is 31.0 Å². The third kappa shape index (κ3) is 3.79. The minimum Gasteiger partial charge on any atom is -0.361 e. The number of para-hydroxylation sites is 1. The van der Waals surface area contributed by atoms with E-state index in [4.69, 9.17) is 4.52 Å². The Balaban J connectivity index is 1.38. The standard InChI is InChI=1S/C19H18N6O2/c1-12-10-17(25-27-12)24-18(26)16-7-9-21-19(23-16)20-8-6-13-11-22-15-5-3-2-4-14(13)15/h2-5,7,9-11,22H,6,8H2,1H3,(H,20,21,23)(H,24,25,26). The van der Waals surface area contributed by atoms with E-state index in [0.717, 1.165) is 11.9 Å². The number of nitrogens with zero attached hydrogens (tertiary/aromatic N) is 3. The van der Waals surface area contributed by atoms with E-state index < -0.39 is 0 Å². The first-order valence-electron chi connectivity index (χ1n) is 8.55. The van der Waals surface area contributed by atoms with E-state index in [1.807, 2.05) is 24.4 Å². The first-order chi connectivity index (χ1) is 13.2. The van der Waals surface area contributed by atoms with Gasteiger partial charge in [0.2, 0.25) is 5.95 Å². The van der Waals surface area contributed by atoms with E-state index in [0.29, 0.717) is 24.1 Å². The Kier molecular flexibility index (Phi) is 4.52. The normalized spacial score (nSPS) is 10.9. The first kappa shape index (κ1) is 16.8. The molecule has 0 aliphatic rings. The lowest BCUT2D eigenvalue weighted by Crippen LogP contribution is -2.16. The molecule has 3 N–H and O–H groups in total. The number of amides is 1. The van der Waals surface area contributed by atoms with Crippen LogP contribution in [0.25, 0.3) is 10.9 Å². The Morgan fingerprint density at radius 1 is 1.26 bits per heavy atom. The number of aryl methyl sites for hydroxylation is 1. The molecule has 0 radical (unpaired) electrons. The Bertz CT molecular complexity index is 1080. The van der Waals surface area contributed by atoms with Crippen LogP contribution in [0.3, 0.4) is 0 Å². The number of anilines is 2. The number of carbonyl (C=O) groups is 1. The highest BCUT2D eigenvalue weighted by Crippen LogP contribution is 2.18. The van der Waals surface area contributed by atoms with Crippen LogP contribution in [0.1, 0.15) is 21.8 Å². The number of aromatic nitrogens is 4. The van der Waals surface area contributed by atoms with Gasteiger partial charge in [-0.25, -0.2) is 9.97 Å². The molecular weight excluding hydrogens is 344 g/mol. The molecular formula is C19H18N6O2. The number of hydrogen-bond donors (Lipinski definition) is 3. The van der Waals surface area contributed by atoms with Crippen LogP contribution in [0, 0.1) is 6.92 Å². The molecule has 3 aromatic heterocycles. The molecule has 0 unspecified atom stereocenters. The molecule has 27 heavy (non-hydrogen) atoms. The zero-order valence-electron chi connectivity index (χ0n) is 14.7. The lowest BCUT2D eigenvalue weighted by atomic mass is 10.1. The molecule has 0 aliphatic carbocycles. The lowest BCUT2D eigenvalue weighted by Gasteiger charge is -2.06. The van der Waals surface area contributed by atoms with Crippen molar-refractivity contribution in [3.05, 3.63) is 65.8 Å². The molecule has 0 bridgehead atoms. The van der Waals surface area contributed by atoms with Crippen LogP contribution in [0.15, 0.2) is 53.3 Å². The molecule has 0 atom stereocenters. The highest BCUT2D eigenvalue weighted by atomic mass is 16.5. The van der Waals surface area contributed by atoms with E-state index >= 15 is 0 Å². The van der Waals surface area contributed by atoms with E-state index in [2.05, 4.69) is 36.8 Å². The number of rotatable bonds is 6. The number of nitrogens with one attached hydrogen (secondary N) is 3. The van der Waals surface area contributed by atoms with Crippen molar-refractivity contribution in [2.24, 2.45) is 0 Å². The number of aromatic amines is 1. The van der Waals surface area contributed by atoms with E-state index in [9.17, 15) is 4.79 Å². The maximum Gasteiger partial charge on any atom is 0.275 e. The molecule has 0 aliphatic heterocycles. The van der Waals surface area contributed by atoms with Crippen molar-refractivity contribution in [1.29, 1.82) is 0 Å². The summed E-state index contributed by atoms with van der Waals surface area (Å²) < 4.78 is 4.93. The zero-order valence-corrected chi connectivity index (χ0v) is 14.7. The van der Waals surface area contributed by atoms with Gasteiger partial charge in [-0.15, -0.1) is 0 Å². The molecule has 1 amide bonds. The van der Waals surface area contributed by atoms with Crippen molar-refractivity contribution >= 4 is 28.6 Å². The van der Waals surface area contributed by atoms with Crippen LogP contribution >= 0.6 is 0 Å². The molecule has 136 valence electrons. The summed E-state index contributed by atoms with van der Waals surface area (Å²) in [6.07, 6.45) is 4.36. The summed E-state index contributed by atoms with van der Waals surface area (Å²) in [5, 5.41) is 10.7. The molecule has 4 aromatic rings. The Morgan fingerprint density at radius 2 is 2.15 bits per heavy atom. The monoisotopic (exact) mass is 362 g/mol. The number of fused-ring (bicyclic) bond motifs is 1. The van der Waals surface area contributed by atoms with Gasteiger partial charge in [0.25, 0.3) is 5.91 Å². The second kappa shape index (κ2) is 7.28. The fraction of sp³-hybridized carbons (Fsp3) is 0.158. The summed E-state index contributed by atoms with van der Waals surface area (Å²) in [4.78, 5) is 24.0. The zero-order chi connectivity index (χ0) is 18.6. The predicted molar refractivity (Wildman–Crippen MR) is 102 cm³/mol. The van der Waals surface area contributed by atoms with Gasteiger partial charge < -0.3 is 20.1 Å². The van der Waals surface area contributed by atoms with Gasteiger partial charge >= 0.3 is 0 Å². The first-order valence-corrected chi connectivity index (χ1v) is 8.55. The van der Waals surface area contributed by atoms with Gasteiger partial charge in [0.05, 0.1) is 0 Å². The van der Waals surface area contributed by atoms with Crippen LogP contribution in [0.4, 0.5) is 11.8 Å². The maximum absolute atomic E-state index is 12.3. The van der Waals surface area contributed by atoms with Crippen LogP contribution in [-0.2, 0) is 6.42 Å². The molecule has 8 heteroatoms. The van der Waals surface area contributed by atoms with Crippen molar-refractivity contribution < 1.29 is 9.32 Å². The minimum atomic E-state index is -0.370.